The number of hydrogen-bond acceptors (Lipinski definition) is 3. The molecule has 2 N–H and O–H groups in total. The summed E-state index contributed by atoms with van der Waals surface area (Å²) < 4.78 is 0.981. The first-order chi connectivity index (χ1) is 8.08. The Morgan fingerprint density at radius 2 is 2.29 bits per heavy atom. The highest BCUT2D eigenvalue weighted by atomic mass is 79.9. The van der Waals surface area contributed by atoms with Crippen molar-refractivity contribution in [3.05, 3.63) is 20.8 Å². The van der Waals surface area contributed by atoms with E-state index >= 15 is 0 Å². The van der Waals surface area contributed by atoms with Crippen molar-refractivity contribution < 1.29 is 14.7 Å². The van der Waals surface area contributed by atoms with Gasteiger partial charge in [-0.1, -0.05) is 0 Å². The number of halogens is 1. The van der Waals surface area contributed by atoms with Gasteiger partial charge >= 0.3 is 12.0 Å². The van der Waals surface area contributed by atoms with Gasteiger partial charge in [-0.05, 0) is 27.4 Å². The molecule has 0 saturated carbocycles. The van der Waals surface area contributed by atoms with Crippen molar-refractivity contribution in [2.75, 3.05) is 13.1 Å². The topological polar surface area (TPSA) is 69.6 Å². The first-order valence-electron chi connectivity index (χ1n) is 5.05. The van der Waals surface area contributed by atoms with E-state index in [-0.39, 0.29) is 6.03 Å². The highest BCUT2D eigenvalue weighted by Gasteiger charge is 2.35. The molecule has 1 aromatic heterocycles. The van der Waals surface area contributed by atoms with Crippen LogP contribution >= 0.6 is 27.3 Å². The molecule has 2 heterocycles. The number of nitrogens with zero attached hydrogens (tertiary/aromatic N) is 1. The molecule has 1 fully saturated rings. The number of aliphatic carboxylic acids is 1. The largest absolute Gasteiger partial charge is 0.481 e. The maximum Gasteiger partial charge on any atom is 0.317 e. The maximum absolute atomic E-state index is 11.6. The third kappa shape index (κ3) is 2.78. The van der Waals surface area contributed by atoms with Gasteiger partial charge in [0.15, 0.2) is 0 Å². The van der Waals surface area contributed by atoms with Crippen molar-refractivity contribution in [3.63, 3.8) is 0 Å². The lowest BCUT2D eigenvalue weighted by Gasteiger charge is -2.36. The fourth-order valence-electron chi connectivity index (χ4n) is 1.52. The van der Waals surface area contributed by atoms with Crippen LogP contribution in [0.1, 0.15) is 4.88 Å². The number of rotatable bonds is 3. The number of hydrogen-bond donors (Lipinski definition) is 2. The van der Waals surface area contributed by atoms with Gasteiger partial charge < -0.3 is 15.3 Å². The molecule has 1 aromatic rings. The summed E-state index contributed by atoms with van der Waals surface area (Å²) in [5.74, 6) is -1.25. The van der Waals surface area contributed by atoms with Gasteiger partial charge in [-0.15, -0.1) is 11.3 Å². The van der Waals surface area contributed by atoms with Gasteiger partial charge in [-0.25, -0.2) is 4.79 Å². The normalized spacial score (nSPS) is 15.5. The lowest BCUT2D eigenvalue weighted by atomic mass is 10.0. The van der Waals surface area contributed by atoms with Crippen molar-refractivity contribution >= 4 is 39.3 Å². The third-order valence-electron chi connectivity index (χ3n) is 2.61. The summed E-state index contributed by atoms with van der Waals surface area (Å²) in [6.07, 6.45) is 0. The molecule has 5 nitrogen and oxygen atoms in total. The summed E-state index contributed by atoms with van der Waals surface area (Å²) in [5.41, 5.74) is 0. The van der Waals surface area contributed by atoms with Crippen molar-refractivity contribution in [1.29, 1.82) is 0 Å². The van der Waals surface area contributed by atoms with Crippen LogP contribution in [0.5, 0.6) is 0 Å². The van der Waals surface area contributed by atoms with Gasteiger partial charge in [0.1, 0.15) is 0 Å². The van der Waals surface area contributed by atoms with Gasteiger partial charge in [-0.2, -0.15) is 0 Å². The Morgan fingerprint density at radius 1 is 1.59 bits per heavy atom. The van der Waals surface area contributed by atoms with E-state index in [0.29, 0.717) is 19.6 Å². The average molecular weight is 319 g/mol. The number of amides is 2. The number of carbonyl (C=O) groups is 2. The molecule has 7 heteroatoms. The van der Waals surface area contributed by atoms with Crippen molar-refractivity contribution in [3.8, 4) is 0 Å². The highest BCUT2D eigenvalue weighted by Crippen LogP contribution is 2.22. The van der Waals surface area contributed by atoms with E-state index in [9.17, 15) is 9.59 Å². The zero-order chi connectivity index (χ0) is 12.4. The molecular weight excluding hydrogens is 308 g/mol. The molecule has 2 amide bonds. The zero-order valence-electron chi connectivity index (χ0n) is 8.85. The minimum atomic E-state index is -0.838. The molecule has 0 aliphatic carbocycles. The van der Waals surface area contributed by atoms with Crippen LogP contribution in [0, 0.1) is 5.92 Å². The number of likely N-dealkylation sites (tertiary alicyclic amines) is 1. The SMILES string of the molecule is O=C(O)C1CN(C(=O)NCc2sccc2Br)C1. The van der Waals surface area contributed by atoms with Crippen molar-refractivity contribution in [2.45, 2.75) is 6.54 Å². The molecule has 17 heavy (non-hydrogen) atoms. The monoisotopic (exact) mass is 318 g/mol. The minimum Gasteiger partial charge on any atom is -0.481 e. The summed E-state index contributed by atoms with van der Waals surface area (Å²) in [4.78, 5) is 24.7. The molecule has 0 atom stereocenters. The van der Waals surface area contributed by atoms with E-state index in [1.54, 1.807) is 11.3 Å². The van der Waals surface area contributed by atoms with Crippen molar-refractivity contribution in [2.24, 2.45) is 5.92 Å². The van der Waals surface area contributed by atoms with Crippen LogP contribution in [0.25, 0.3) is 0 Å². The lowest BCUT2D eigenvalue weighted by molar-refractivity contribution is -0.146. The second kappa shape index (κ2) is 5.05. The van der Waals surface area contributed by atoms with Crippen LogP contribution < -0.4 is 5.32 Å². The lowest BCUT2D eigenvalue weighted by Crippen LogP contribution is -2.56. The number of carboxylic acids is 1. The van der Waals surface area contributed by atoms with Crippen molar-refractivity contribution in [1.82, 2.24) is 10.2 Å². The molecular formula is C10H11BrN2O3S. The average Bonchev–Trinajstić information content (AvgIpc) is 2.58. The second-order valence-electron chi connectivity index (χ2n) is 3.79. The first kappa shape index (κ1) is 12.4. The zero-order valence-corrected chi connectivity index (χ0v) is 11.3. The number of thiophene rings is 1. The van der Waals surface area contributed by atoms with Gasteiger partial charge in [0, 0.05) is 22.4 Å². The number of urea groups is 1. The van der Waals surface area contributed by atoms with Crippen LogP contribution in [0.2, 0.25) is 0 Å². The van der Waals surface area contributed by atoms with Gasteiger partial charge in [-0.3, -0.25) is 4.79 Å². The minimum absolute atomic E-state index is 0.206. The molecule has 0 bridgehead atoms. The van der Waals surface area contributed by atoms with E-state index < -0.39 is 11.9 Å². The van der Waals surface area contributed by atoms with Gasteiger partial charge in [0.25, 0.3) is 0 Å². The maximum atomic E-state index is 11.6. The molecule has 92 valence electrons. The number of carboxylic acid groups (broad SMARTS) is 1. The Labute approximate surface area is 111 Å². The van der Waals surface area contributed by atoms with E-state index in [1.165, 1.54) is 4.90 Å². The predicted molar refractivity (Wildman–Crippen MR) is 67.0 cm³/mol. The van der Waals surface area contributed by atoms with Gasteiger partial charge in [0.2, 0.25) is 0 Å². The predicted octanol–water partition coefficient (Wildman–Crippen LogP) is 1.74. The Bertz CT molecular complexity index is 443. The van der Waals surface area contributed by atoms with Gasteiger partial charge in [0.05, 0.1) is 12.5 Å². The third-order valence-corrected chi connectivity index (χ3v) is 4.54. The molecule has 1 saturated heterocycles. The molecule has 0 spiro atoms. The van der Waals surface area contributed by atoms with Crippen LogP contribution in [0.4, 0.5) is 4.79 Å². The quantitative estimate of drug-likeness (QED) is 0.891. The number of nitrogens with one attached hydrogen (secondary N) is 1. The molecule has 0 radical (unpaired) electrons. The summed E-state index contributed by atoms with van der Waals surface area (Å²) in [5, 5.41) is 13.4. The molecule has 1 aliphatic heterocycles. The summed E-state index contributed by atoms with van der Waals surface area (Å²) >= 11 is 4.94. The van der Waals surface area contributed by atoms with Crippen LogP contribution in [0.3, 0.4) is 0 Å². The second-order valence-corrected chi connectivity index (χ2v) is 5.65. The molecule has 0 unspecified atom stereocenters. The van der Waals surface area contributed by atoms with Crippen LogP contribution in [-0.2, 0) is 11.3 Å². The molecule has 1 aliphatic rings. The van der Waals surface area contributed by atoms with Crippen LogP contribution in [-0.4, -0.2) is 35.1 Å². The first-order valence-corrected chi connectivity index (χ1v) is 6.72. The summed E-state index contributed by atoms with van der Waals surface area (Å²) in [6, 6.07) is 1.72. The molecule has 2 rings (SSSR count). The Balaban J connectivity index is 1.76. The highest BCUT2D eigenvalue weighted by molar-refractivity contribution is 9.10. The van der Waals surface area contributed by atoms with E-state index in [4.69, 9.17) is 5.11 Å². The fraction of sp³-hybridized carbons (Fsp3) is 0.400. The Kier molecular flexibility index (Phi) is 3.68. The van der Waals surface area contributed by atoms with E-state index in [0.717, 1.165) is 9.35 Å². The number of carbonyl (C=O) groups excluding carboxylic acids is 1. The Morgan fingerprint density at radius 3 is 2.82 bits per heavy atom. The molecule has 0 aromatic carbocycles. The smallest absolute Gasteiger partial charge is 0.317 e. The van der Waals surface area contributed by atoms with E-state index in [2.05, 4.69) is 21.2 Å². The summed E-state index contributed by atoms with van der Waals surface area (Å²) in [6.45, 7) is 1.06. The van der Waals surface area contributed by atoms with E-state index in [1.807, 2.05) is 11.4 Å². The standard InChI is InChI=1S/C10H11BrN2O3S/c11-7-1-2-17-8(7)3-12-10(16)13-4-6(5-13)9(14)15/h1-2,6H,3-5H2,(H,12,16)(H,14,15). The van der Waals surface area contributed by atoms with Crippen LogP contribution in [0.15, 0.2) is 15.9 Å². The fourth-order valence-corrected chi connectivity index (χ4v) is 2.95. The Hall–Kier alpha value is -1.08. The summed E-state index contributed by atoms with van der Waals surface area (Å²) in [7, 11) is 0.